The number of carbonyl (C=O) groups is 1. The summed E-state index contributed by atoms with van der Waals surface area (Å²) in [6.07, 6.45) is 4.65. The lowest BCUT2D eigenvalue weighted by Crippen LogP contribution is -2.43. The SMILES string of the molecule is C=CCCC(C(=O)O)N(C)S(=O)(=O)CCCCC. The maximum Gasteiger partial charge on any atom is 0.322 e. The molecule has 1 atom stereocenters. The quantitative estimate of drug-likeness (QED) is 0.488. The third kappa shape index (κ3) is 5.64. The molecule has 0 aromatic rings. The van der Waals surface area contributed by atoms with Crippen LogP contribution in [0.4, 0.5) is 0 Å². The Bertz CT molecular complexity index is 364. The highest BCUT2D eigenvalue weighted by atomic mass is 32.2. The number of nitrogens with zero attached hydrogens (tertiary/aromatic N) is 1. The third-order valence-corrected chi connectivity index (χ3v) is 4.75. The molecule has 0 bridgehead atoms. The highest BCUT2D eigenvalue weighted by Gasteiger charge is 2.30. The Morgan fingerprint density at radius 2 is 2.06 bits per heavy atom. The van der Waals surface area contributed by atoms with Crippen LogP contribution in [0.2, 0.25) is 0 Å². The van der Waals surface area contributed by atoms with Crippen LogP contribution in [-0.2, 0) is 14.8 Å². The van der Waals surface area contributed by atoms with Gasteiger partial charge < -0.3 is 5.11 Å². The van der Waals surface area contributed by atoms with Crippen LogP contribution in [-0.4, -0.2) is 42.6 Å². The van der Waals surface area contributed by atoms with Crippen molar-refractivity contribution in [2.24, 2.45) is 0 Å². The molecule has 106 valence electrons. The lowest BCUT2D eigenvalue weighted by Gasteiger charge is -2.23. The maximum absolute atomic E-state index is 12.0. The Morgan fingerprint density at radius 1 is 1.44 bits per heavy atom. The van der Waals surface area contributed by atoms with Crippen molar-refractivity contribution in [1.29, 1.82) is 0 Å². The molecule has 0 aliphatic rings. The van der Waals surface area contributed by atoms with Crippen LogP contribution in [0.15, 0.2) is 12.7 Å². The predicted molar refractivity (Wildman–Crippen MR) is 71.9 cm³/mol. The first-order valence-electron chi connectivity index (χ1n) is 6.16. The summed E-state index contributed by atoms with van der Waals surface area (Å²) < 4.78 is 24.9. The molecule has 1 N–H and O–H groups in total. The van der Waals surface area contributed by atoms with Crippen molar-refractivity contribution in [2.75, 3.05) is 12.8 Å². The normalized spacial score (nSPS) is 13.5. The molecule has 0 aliphatic carbocycles. The van der Waals surface area contributed by atoms with Gasteiger partial charge in [0.15, 0.2) is 0 Å². The van der Waals surface area contributed by atoms with Gasteiger partial charge in [0.1, 0.15) is 6.04 Å². The van der Waals surface area contributed by atoms with Crippen LogP contribution in [0, 0.1) is 0 Å². The molecule has 0 aliphatic heterocycles. The fraction of sp³-hybridized carbons (Fsp3) is 0.750. The van der Waals surface area contributed by atoms with Crippen molar-refractivity contribution in [3.05, 3.63) is 12.7 Å². The molecule has 0 radical (unpaired) electrons. The summed E-state index contributed by atoms with van der Waals surface area (Å²) in [5, 5.41) is 9.06. The molecule has 1 unspecified atom stereocenters. The van der Waals surface area contributed by atoms with Crippen LogP contribution in [0.1, 0.15) is 39.0 Å². The monoisotopic (exact) mass is 277 g/mol. The van der Waals surface area contributed by atoms with E-state index >= 15 is 0 Å². The summed E-state index contributed by atoms with van der Waals surface area (Å²) >= 11 is 0. The average Bonchev–Trinajstić information content (AvgIpc) is 2.29. The number of unbranched alkanes of at least 4 members (excludes halogenated alkanes) is 2. The fourth-order valence-electron chi connectivity index (χ4n) is 1.61. The number of hydrogen-bond donors (Lipinski definition) is 1. The summed E-state index contributed by atoms with van der Waals surface area (Å²) in [6, 6.07) is -1.00. The standard InChI is InChI=1S/C12H23NO4S/c1-4-6-8-10-18(16,17)13(3)11(12(14)15)9-7-5-2/h5,11H,2,4,6-10H2,1,3H3,(H,14,15). The molecular formula is C12H23NO4S. The van der Waals surface area contributed by atoms with E-state index in [1.54, 1.807) is 6.08 Å². The Morgan fingerprint density at radius 3 is 2.50 bits per heavy atom. The van der Waals surface area contributed by atoms with E-state index in [4.69, 9.17) is 5.11 Å². The van der Waals surface area contributed by atoms with Crippen molar-refractivity contribution in [2.45, 2.75) is 45.1 Å². The zero-order valence-corrected chi connectivity index (χ0v) is 11.9. The van der Waals surface area contributed by atoms with Gasteiger partial charge in [-0.15, -0.1) is 6.58 Å². The Balaban J connectivity index is 4.67. The van der Waals surface area contributed by atoms with E-state index in [1.807, 2.05) is 6.92 Å². The van der Waals surface area contributed by atoms with E-state index in [-0.39, 0.29) is 12.2 Å². The molecule has 5 nitrogen and oxygen atoms in total. The molecule has 0 saturated carbocycles. The zero-order valence-electron chi connectivity index (χ0n) is 11.1. The first-order chi connectivity index (χ1) is 8.36. The first-order valence-corrected chi connectivity index (χ1v) is 7.77. The zero-order chi connectivity index (χ0) is 14.2. The Kier molecular flexibility index (Phi) is 7.86. The van der Waals surface area contributed by atoms with Gasteiger partial charge in [0, 0.05) is 7.05 Å². The minimum atomic E-state index is -3.49. The van der Waals surface area contributed by atoms with Crippen LogP contribution in [0.3, 0.4) is 0 Å². The number of hydrogen-bond acceptors (Lipinski definition) is 3. The summed E-state index contributed by atoms with van der Waals surface area (Å²) in [4.78, 5) is 11.1. The van der Waals surface area contributed by atoms with Crippen LogP contribution < -0.4 is 0 Å². The predicted octanol–water partition coefficient (Wildman–Crippen LogP) is 1.86. The van der Waals surface area contributed by atoms with E-state index in [9.17, 15) is 13.2 Å². The topological polar surface area (TPSA) is 74.7 Å². The molecule has 0 aromatic heterocycles. The second-order valence-corrected chi connectivity index (χ2v) is 6.41. The Labute approximate surface area is 110 Å². The summed E-state index contributed by atoms with van der Waals surface area (Å²) in [5.74, 6) is -1.10. The van der Waals surface area contributed by atoms with Gasteiger partial charge in [-0.1, -0.05) is 25.8 Å². The van der Waals surface area contributed by atoms with Crippen LogP contribution >= 0.6 is 0 Å². The molecule has 0 saturated heterocycles. The lowest BCUT2D eigenvalue weighted by atomic mass is 10.1. The van der Waals surface area contributed by atoms with E-state index in [0.29, 0.717) is 12.8 Å². The van der Waals surface area contributed by atoms with Crippen molar-refractivity contribution in [3.8, 4) is 0 Å². The number of carboxylic acids is 1. The number of aliphatic carboxylic acids is 1. The first kappa shape index (κ1) is 17.1. The number of allylic oxidation sites excluding steroid dienone is 1. The van der Waals surface area contributed by atoms with Crippen molar-refractivity contribution < 1.29 is 18.3 Å². The van der Waals surface area contributed by atoms with Gasteiger partial charge in [0.2, 0.25) is 10.0 Å². The lowest BCUT2D eigenvalue weighted by molar-refractivity contribution is -0.141. The highest BCUT2D eigenvalue weighted by molar-refractivity contribution is 7.89. The second kappa shape index (κ2) is 8.26. The molecule has 0 rings (SSSR count). The van der Waals surface area contributed by atoms with Gasteiger partial charge in [0.25, 0.3) is 0 Å². The average molecular weight is 277 g/mol. The van der Waals surface area contributed by atoms with E-state index in [2.05, 4.69) is 6.58 Å². The molecule has 6 heteroatoms. The van der Waals surface area contributed by atoms with E-state index in [1.165, 1.54) is 7.05 Å². The summed E-state index contributed by atoms with van der Waals surface area (Å²) in [5.41, 5.74) is 0. The molecule has 0 fully saturated rings. The van der Waals surface area contributed by atoms with Gasteiger partial charge in [-0.05, 0) is 19.3 Å². The maximum atomic E-state index is 12.0. The van der Waals surface area contributed by atoms with Crippen molar-refractivity contribution in [3.63, 3.8) is 0 Å². The molecule has 18 heavy (non-hydrogen) atoms. The number of likely N-dealkylation sites (N-methyl/N-ethyl adjacent to an activating group) is 1. The second-order valence-electron chi connectivity index (χ2n) is 4.26. The van der Waals surface area contributed by atoms with Gasteiger partial charge in [-0.3, -0.25) is 4.79 Å². The highest BCUT2D eigenvalue weighted by Crippen LogP contribution is 2.13. The number of carboxylic acid groups (broad SMARTS) is 1. The smallest absolute Gasteiger partial charge is 0.322 e. The minimum Gasteiger partial charge on any atom is -0.480 e. The third-order valence-electron chi connectivity index (χ3n) is 2.81. The molecule has 0 spiro atoms. The van der Waals surface area contributed by atoms with Gasteiger partial charge in [0.05, 0.1) is 5.75 Å². The minimum absolute atomic E-state index is 0.00914. The number of sulfonamides is 1. The molecular weight excluding hydrogens is 254 g/mol. The van der Waals surface area contributed by atoms with Crippen LogP contribution in [0.25, 0.3) is 0 Å². The van der Waals surface area contributed by atoms with Gasteiger partial charge in [-0.25, -0.2) is 8.42 Å². The summed E-state index contributed by atoms with van der Waals surface area (Å²) in [6.45, 7) is 5.50. The van der Waals surface area contributed by atoms with Gasteiger partial charge in [-0.2, -0.15) is 4.31 Å². The van der Waals surface area contributed by atoms with E-state index in [0.717, 1.165) is 17.1 Å². The fourth-order valence-corrected chi connectivity index (χ4v) is 3.05. The molecule has 0 aromatic carbocycles. The molecule has 0 amide bonds. The Hall–Kier alpha value is -0.880. The molecule has 0 heterocycles. The van der Waals surface area contributed by atoms with Gasteiger partial charge >= 0.3 is 5.97 Å². The number of rotatable bonds is 10. The largest absolute Gasteiger partial charge is 0.480 e. The van der Waals surface area contributed by atoms with Crippen molar-refractivity contribution in [1.82, 2.24) is 4.31 Å². The van der Waals surface area contributed by atoms with E-state index < -0.39 is 22.0 Å². The van der Waals surface area contributed by atoms with Crippen molar-refractivity contribution >= 4 is 16.0 Å². The summed E-state index contributed by atoms with van der Waals surface area (Å²) in [7, 11) is -2.15. The van der Waals surface area contributed by atoms with Crippen LogP contribution in [0.5, 0.6) is 0 Å².